The SMILES string of the molecule is CC(=O)C1(C)COC(c2cccc([N+](=O)[O-])c2)OC1. The Morgan fingerprint density at radius 2 is 2.05 bits per heavy atom. The Labute approximate surface area is 110 Å². The van der Waals surface area contributed by atoms with Crippen molar-refractivity contribution >= 4 is 11.5 Å². The fourth-order valence-electron chi connectivity index (χ4n) is 1.79. The highest BCUT2D eigenvalue weighted by molar-refractivity contribution is 5.82. The second-order valence-electron chi connectivity index (χ2n) is 4.92. The zero-order chi connectivity index (χ0) is 14.0. The Bertz CT molecular complexity index is 506. The van der Waals surface area contributed by atoms with Crippen LogP contribution in [0, 0.1) is 15.5 Å². The minimum absolute atomic E-state index is 0.00462. The van der Waals surface area contributed by atoms with Gasteiger partial charge in [0.1, 0.15) is 5.78 Å². The molecule has 1 saturated heterocycles. The van der Waals surface area contributed by atoms with E-state index in [-0.39, 0.29) is 24.7 Å². The normalized spacial score (nSPS) is 26.9. The molecule has 0 aliphatic carbocycles. The number of ether oxygens (including phenoxy) is 2. The van der Waals surface area contributed by atoms with Gasteiger partial charge in [-0.3, -0.25) is 14.9 Å². The lowest BCUT2D eigenvalue weighted by Gasteiger charge is -2.35. The summed E-state index contributed by atoms with van der Waals surface area (Å²) in [6.45, 7) is 3.77. The van der Waals surface area contributed by atoms with E-state index < -0.39 is 16.6 Å². The summed E-state index contributed by atoms with van der Waals surface area (Å²) in [5, 5.41) is 10.7. The molecule has 19 heavy (non-hydrogen) atoms. The van der Waals surface area contributed by atoms with Gasteiger partial charge in [-0.05, 0) is 13.8 Å². The molecule has 1 aromatic rings. The fraction of sp³-hybridized carbons (Fsp3) is 0.462. The molecule has 1 aromatic carbocycles. The Kier molecular flexibility index (Phi) is 3.64. The maximum atomic E-state index is 11.5. The van der Waals surface area contributed by atoms with Gasteiger partial charge in [-0.2, -0.15) is 0 Å². The van der Waals surface area contributed by atoms with Crippen molar-refractivity contribution in [2.24, 2.45) is 5.41 Å². The third kappa shape index (κ3) is 2.80. The van der Waals surface area contributed by atoms with Crippen molar-refractivity contribution in [3.63, 3.8) is 0 Å². The topological polar surface area (TPSA) is 78.7 Å². The van der Waals surface area contributed by atoms with Crippen LogP contribution in [0.15, 0.2) is 24.3 Å². The van der Waals surface area contributed by atoms with Crippen LogP contribution in [0.5, 0.6) is 0 Å². The first-order chi connectivity index (χ1) is 8.92. The lowest BCUT2D eigenvalue weighted by Crippen LogP contribution is -2.41. The zero-order valence-electron chi connectivity index (χ0n) is 10.8. The molecule has 1 aliphatic rings. The maximum Gasteiger partial charge on any atom is 0.269 e. The highest BCUT2D eigenvalue weighted by Gasteiger charge is 2.37. The van der Waals surface area contributed by atoms with Crippen LogP contribution in [0.4, 0.5) is 5.69 Å². The summed E-state index contributed by atoms with van der Waals surface area (Å²) in [7, 11) is 0. The smallest absolute Gasteiger partial charge is 0.269 e. The van der Waals surface area contributed by atoms with Gasteiger partial charge >= 0.3 is 0 Å². The van der Waals surface area contributed by atoms with Crippen LogP contribution in [0.1, 0.15) is 25.7 Å². The number of nitrogens with zero attached hydrogens (tertiary/aromatic N) is 1. The first kappa shape index (κ1) is 13.6. The van der Waals surface area contributed by atoms with E-state index in [1.54, 1.807) is 19.1 Å². The van der Waals surface area contributed by atoms with E-state index in [2.05, 4.69) is 0 Å². The van der Waals surface area contributed by atoms with Gasteiger partial charge in [0.25, 0.3) is 5.69 Å². The Morgan fingerprint density at radius 3 is 2.58 bits per heavy atom. The Balaban J connectivity index is 2.12. The van der Waals surface area contributed by atoms with Crippen molar-refractivity contribution in [2.45, 2.75) is 20.1 Å². The molecule has 0 unspecified atom stereocenters. The average Bonchev–Trinajstić information content (AvgIpc) is 2.39. The van der Waals surface area contributed by atoms with Gasteiger partial charge in [0.05, 0.1) is 23.6 Å². The maximum absolute atomic E-state index is 11.5. The first-order valence-corrected chi connectivity index (χ1v) is 5.91. The zero-order valence-corrected chi connectivity index (χ0v) is 10.8. The van der Waals surface area contributed by atoms with Crippen molar-refractivity contribution in [1.82, 2.24) is 0 Å². The van der Waals surface area contributed by atoms with Crippen molar-refractivity contribution < 1.29 is 19.2 Å². The van der Waals surface area contributed by atoms with E-state index in [0.717, 1.165) is 0 Å². The molecule has 2 rings (SSSR count). The largest absolute Gasteiger partial charge is 0.347 e. The monoisotopic (exact) mass is 265 g/mol. The number of carbonyl (C=O) groups is 1. The minimum atomic E-state index is -0.660. The van der Waals surface area contributed by atoms with Gasteiger partial charge in [0.15, 0.2) is 6.29 Å². The molecule has 0 N–H and O–H groups in total. The predicted molar refractivity (Wildman–Crippen MR) is 66.5 cm³/mol. The van der Waals surface area contributed by atoms with E-state index in [9.17, 15) is 14.9 Å². The molecule has 1 fully saturated rings. The Hall–Kier alpha value is -1.79. The summed E-state index contributed by atoms with van der Waals surface area (Å²) in [6, 6.07) is 6.11. The van der Waals surface area contributed by atoms with Crippen LogP contribution in [0.25, 0.3) is 0 Å². The van der Waals surface area contributed by atoms with Crippen LogP contribution in [0.3, 0.4) is 0 Å². The summed E-state index contributed by atoms with van der Waals surface area (Å²) < 4.78 is 11.0. The van der Waals surface area contributed by atoms with Gasteiger partial charge in [-0.15, -0.1) is 0 Å². The molecule has 6 heteroatoms. The van der Waals surface area contributed by atoms with E-state index in [0.29, 0.717) is 5.56 Å². The van der Waals surface area contributed by atoms with Gasteiger partial charge in [-0.25, -0.2) is 0 Å². The standard InChI is InChI=1S/C13H15NO5/c1-9(15)13(2)7-18-12(19-8-13)10-4-3-5-11(6-10)14(16)17/h3-6,12H,7-8H2,1-2H3. The van der Waals surface area contributed by atoms with Crippen molar-refractivity contribution in [1.29, 1.82) is 0 Å². The molecule has 0 saturated carbocycles. The molecule has 102 valence electrons. The number of hydrogen-bond donors (Lipinski definition) is 0. The predicted octanol–water partition coefficient (Wildman–Crippen LogP) is 2.24. The number of hydrogen-bond acceptors (Lipinski definition) is 5. The van der Waals surface area contributed by atoms with Gasteiger partial charge in [-0.1, -0.05) is 12.1 Å². The fourth-order valence-corrected chi connectivity index (χ4v) is 1.79. The summed E-state index contributed by atoms with van der Waals surface area (Å²) in [6.07, 6.45) is -0.660. The van der Waals surface area contributed by atoms with Crippen LogP contribution in [0.2, 0.25) is 0 Å². The van der Waals surface area contributed by atoms with E-state index in [4.69, 9.17) is 9.47 Å². The Morgan fingerprint density at radius 1 is 1.42 bits per heavy atom. The number of benzene rings is 1. The number of rotatable bonds is 3. The molecule has 0 aromatic heterocycles. The summed E-state index contributed by atoms with van der Waals surface area (Å²) in [5.41, 5.74) is -0.0681. The second-order valence-corrected chi connectivity index (χ2v) is 4.92. The molecular formula is C13H15NO5. The number of non-ortho nitro benzene ring substituents is 1. The van der Waals surface area contributed by atoms with E-state index >= 15 is 0 Å². The molecular weight excluding hydrogens is 250 g/mol. The number of nitro groups is 1. The molecule has 1 heterocycles. The third-order valence-corrected chi connectivity index (χ3v) is 3.31. The molecule has 0 spiro atoms. The minimum Gasteiger partial charge on any atom is -0.347 e. The molecule has 0 bridgehead atoms. The van der Waals surface area contributed by atoms with Gasteiger partial charge < -0.3 is 9.47 Å². The van der Waals surface area contributed by atoms with Crippen molar-refractivity contribution in [3.05, 3.63) is 39.9 Å². The summed E-state index contributed by atoms with van der Waals surface area (Å²) in [4.78, 5) is 21.7. The number of nitro benzene ring substituents is 1. The van der Waals surface area contributed by atoms with E-state index in [1.807, 2.05) is 0 Å². The van der Waals surface area contributed by atoms with Crippen LogP contribution < -0.4 is 0 Å². The summed E-state index contributed by atoms with van der Waals surface area (Å²) in [5.74, 6) is 0.00462. The molecule has 0 amide bonds. The molecule has 1 aliphatic heterocycles. The lowest BCUT2D eigenvalue weighted by molar-refractivity contribution is -0.385. The first-order valence-electron chi connectivity index (χ1n) is 5.91. The molecule has 0 atom stereocenters. The average molecular weight is 265 g/mol. The molecule has 6 nitrogen and oxygen atoms in total. The number of carbonyl (C=O) groups excluding carboxylic acids is 1. The van der Waals surface area contributed by atoms with Crippen LogP contribution in [-0.4, -0.2) is 23.9 Å². The number of ketones is 1. The van der Waals surface area contributed by atoms with Crippen molar-refractivity contribution in [3.8, 4) is 0 Å². The second kappa shape index (κ2) is 5.07. The van der Waals surface area contributed by atoms with Crippen LogP contribution in [-0.2, 0) is 14.3 Å². The van der Waals surface area contributed by atoms with Gasteiger partial charge in [0.2, 0.25) is 0 Å². The highest BCUT2D eigenvalue weighted by atomic mass is 16.7. The van der Waals surface area contributed by atoms with Crippen LogP contribution >= 0.6 is 0 Å². The van der Waals surface area contributed by atoms with E-state index in [1.165, 1.54) is 19.1 Å². The third-order valence-electron chi connectivity index (χ3n) is 3.31. The van der Waals surface area contributed by atoms with Crippen molar-refractivity contribution in [2.75, 3.05) is 13.2 Å². The molecule has 0 radical (unpaired) electrons. The highest BCUT2D eigenvalue weighted by Crippen LogP contribution is 2.33. The quantitative estimate of drug-likeness (QED) is 0.618. The number of Topliss-reactive ketones (excluding diaryl/α,β-unsaturated/α-hetero) is 1. The van der Waals surface area contributed by atoms with Gasteiger partial charge in [0, 0.05) is 17.7 Å². The lowest BCUT2D eigenvalue weighted by atomic mass is 9.88. The summed E-state index contributed by atoms with van der Waals surface area (Å²) >= 11 is 0.